The first kappa shape index (κ1) is 14.8. The molecule has 1 aromatic carbocycles. The summed E-state index contributed by atoms with van der Waals surface area (Å²) in [7, 11) is -3.30. The Labute approximate surface area is 128 Å². The molecule has 0 amide bonds. The Morgan fingerprint density at radius 3 is 2.38 bits per heavy atom. The topological polar surface area (TPSA) is 34.1 Å². The van der Waals surface area contributed by atoms with Crippen molar-refractivity contribution in [2.45, 2.75) is 38.5 Å². The van der Waals surface area contributed by atoms with E-state index in [2.05, 4.69) is 20.8 Å². The first-order chi connectivity index (χ1) is 9.82. The molecule has 0 N–H and O–H groups in total. The maximum absolute atomic E-state index is 12.3. The van der Waals surface area contributed by atoms with Crippen LogP contribution in [-0.4, -0.2) is 8.42 Å². The van der Waals surface area contributed by atoms with E-state index in [0.29, 0.717) is 22.1 Å². The molecule has 0 radical (unpaired) electrons. The van der Waals surface area contributed by atoms with Crippen molar-refractivity contribution in [3.8, 4) is 0 Å². The highest BCUT2D eigenvalue weighted by atomic mass is 32.2. The van der Waals surface area contributed by atoms with E-state index in [4.69, 9.17) is 0 Å². The molecule has 3 aliphatic rings. The highest BCUT2D eigenvalue weighted by molar-refractivity contribution is 7.94. The average Bonchev–Trinajstić information content (AvgIpc) is 2.46. The third-order valence-corrected chi connectivity index (χ3v) is 7.43. The van der Waals surface area contributed by atoms with Crippen molar-refractivity contribution in [3.63, 3.8) is 0 Å². The molecular formula is C18H24O2S. The van der Waals surface area contributed by atoms with Gasteiger partial charge in [-0.25, -0.2) is 8.42 Å². The van der Waals surface area contributed by atoms with Gasteiger partial charge in [0.1, 0.15) is 0 Å². The van der Waals surface area contributed by atoms with Crippen molar-refractivity contribution in [1.29, 1.82) is 0 Å². The van der Waals surface area contributed by atoms with Crippen LogP contribution in [0.5, 0.6) is 0 Å². The van der Waals surface area contributed by atoms with Crippen molar-refractivity contribution >= 4 is 9.84 Å². The van der Waals surface area contributed by atoms with Gasteiger partial charge >= 0.3 is 0 Å². The average molecular weight is 304 g/mol. The van der Waals surface area contributed by atoms with Crippen molar-refractivity contribution in [3.05, 3.63) is 41.8 Å². The van der Waals surface area contributed by atoms with Gasteiger partial charge in [0, 0.05) is 5.41 Å². The quantitative estimate of drug-likeness (QED) is 0.834. The maximum atomic E-state index is 12.3. The van der Waals surface area contributed by atoms with E-state index in [9.17, 15) is 8.42 Å². The summed E-state index contributed by atoms with van der Waals surface area (Å²) in [5, 5.41) is 1.43. The van der Waals surface area contributed by atoms with Gasteiger partial charge in [-0.15, -0.1) is 0 Å². The van der Waals surface area contributed by atoms with Gasteiger partial charge in [0.2, 0.25) is 0 Å². The minimum atomic E-state index is -3.30. The van der Waals surface area contributed by atoms with Gasteiger partial charge < -0.3 is 0 Å². The Balaban J connectivity index is 1.76. The van der Waals surface area contributed by atoms with Crippen LogP contribution in [0.3, 0.4) is 0 Å². The molecule has 2 nitrogen and oxygen atoms in total. The van der Waals surface area contributed by atoms with Crippen LogP contribution < -0.4 is 0 Å². The van der Waals surface area contributed by atoms with Crippen LogP contribution >= 0.6 is 0 Å². The van der Waals surface area contributed by atoms with Gasteiger partial charge in [-0.3, -0.25) is 0 Å². The highest BCUT2D eigenvalue weighted by Crippen LogP contribution is 2.63. The fourth-order valence-electron chi connectivity index (χ4n) is 4.34. The number of sulfone groups is 1. The molecule has 21 heavy (non-hydrogen) atoms. The lowest BCUT2D eigenvalue weighted by atomic mass is 9.43. The zero-order valence-corrected chi connectivity index (χ0v) is 13.8. The second-order valence-electron chi connectivity index (χ2n) is 7.31. The zero-order chi connectivity index (χ0) is 15.3. The van der Waals surface area contributed by atoms with Gasteiger partial charge in [0.05, 0.1) is 4.90 Å². The summed E-state index contributed by atoms with van der Waals surface area (Å²) < 4.78 is 24.6. The van der Waals surface area contributed by atoms with E-state index in [0.717, 1.165) is 18.3 Å². The summed E-state index contributed by atoms with van der Waals surface area (Å²) in [5.74, 6) is 2.48. The molecule has 0 aliphatic heterocycles. The molecule has 3 saturated carbocycles. The van der Waals surface area contributed by atoms with Crippen LogP contribution in [-0.2, 0) is 9.84 Å². The lowest BCUT2D eigenvalue weighted by Crippen LogP contribution is -2.54. The summed E-state index contributed by atoms with van der Waals surface area (Å²) >= 11 is 0. The van der Waals surface area contributed by atoms with Crippen LogP contribution in [0, 0.1) is 29.1 Å². The van der Waals surface area contributed by atoms with E-state index in [1.54, 1.807) is 24.3 Å². The Bertz CT molecular complexity index is 643. The third kappa shape index (κ3) is 2.46. The number of allylic oxidation sites excluding steroid dienone is 1. The van der Waals surface area contributed by atoms with Gasteiger partial charge in [0.15, 0.2) is 9.84 Å². The fraction of sp³-hybridized carbons (Fsp3) is 0.556. The van der Waals surface area contributed by atoms with E-state index < -0.39 is 9.84 Å². The standard InChI is InChI=1S/C18H24O2S/c1-13-14(11-15-12-17(13)18(15,2)3)9-10-21(19,20)16-7-5-4-6-8-16/h4-10,13-15,17H,11-12H2,1-3H3/b10-9+/t13-,14+,15+,17+/m1/s1. The Kier molecular flexibility index (Phi) is 3.52. The lowest BCUT2D eigenvalue weighted by molar-refractivity contribution is -0.118. The SMILES string of the molecule is C[C@@H]1[C@@H](/C=C/S(=O)(=O)c2ccccc2)C[C@H]2C[C@@H]1C2(C)C. The van der Waals surface area contributed by atoms with Crippen LogP contribution in [0.2, 0.25) is 0 Å². The fourth-order valence-corrected chi connectivity index (χ4v) is 5.44. The monoisotopic (exact) mass is 304 g/mol. The van der Waals surface area contributed by atoms with E-state index >= 15 is 0 Å². The Morgan fingerprint density at radius 2 is 1.81 bits per heavy atom. The minimum absolute atomic E-state index is 0.384. The molecule has 0 aromatic heterocycles. The molecule has 4 atom stereocenters. The van der Waals surface area contributed by atoms with Crippen molar-refractivity contribution in [1.82, 2.24) is 0 Å². The molecule has 0 saturated heterocycles. The predicted octanol–water partition coefficient (Wildman–Crippen LogP) is 4.29. The van der Waals surface area contributed by atoms with Crippen molar-refractivity contribution in [2.24, 2.45) is 29.1 Å². The number of hydrogen-bond donors (Lipinski definition) is 0. The second-order valence-corrected chi connectivity index (χ2v) is 9.14. The summed E-state index contributed by atoms with van der Waals surface area (Å²) in [4.78, 5) is 0.384. The Morgan fingerprint density at radius 1 is 1.14 bits per heavy atom. The summed E-state index contributed by atoms with van der Waals surface area (Å²) in [6.07, 6.45) is 4.40. The molecule has 114 valence electrons. The molecule has 0 spiro atoms. The molecule has 3 aliphatic carbocycles. The van der Waals surface area contributed by atoms with E-state index in [-0.39, 0.29) is 0 Å². The zero-order valence-electron chi connectivity index (χ0n) is 13.0. The highest BCUT2D eigenvalue weighted by Gasteiger charge is 2.55. The molecule has 3 heteroatoms. The molecule has 3 fully saturated rings. The molecule has 0 heterocycles. The summed E-state index contributed by atoms with van der Waals surface area (Å²) in [5.41, 5.74) is 0.446. The third-order valence-electron chi connectivity index (χ3n) is 5.99. The number of hydrogen-bond acceptors (Lipinski definition) is 2. The van der Waals surface area contributed by atoms with Crippen LogP contribution in [0.25, 0.3) is 0 Å². The van der Waals surface area contributed by atoms with Gasteiger partial charge in [-0.2, -0.15) is 0 Å². The molecule has 0 unspecified atom stereocenters. The number of rotatable bonds is 3. The maximum Gasteiger partial charge on any atom is 0.199 e. The largest absolute Gasteiger partial charge is 0.219 e. The molecule has 2 bridgehead atoms. The van der Waals surface area contributed by atoms with Gasteiger partial charge in [0.25, 0.3) is 0 Å². The first-order valence-electron chi connectivity index (χ1n) is 7.80. The predicted molar refractivity (Wildman–Crippen MR) is 85.4 cm³/mol. The summed E-state index contributed by atoms with van der Waals surface area (Å²) in [6, 6.07) is 8.68. The van der Waals surface area contributed by atoms with Gasteiger partial charge in [-0.1, -0.05) is 45.0 Å². The normalized spacial score (nSPS) is 34.6. The van der Waals surface area contributed by atoms with Crippen molar-refractivity contribution in [2.75, 3.05) is 0 Å². The van der Waals surface area contributed by atoms with Gasteiger partial charge in [-0.05, 0) is 54.1 Å². The lowest BCUT2D eigenvalue weighted by Gasteiger charge is -2.61. The first-order valence-corrected chi connectivity index (χ1v) is 9.35. The van der Waals surface area contributed by atoms with Crippen LogP contribution in [0.4, 0.5) is 0 Å². The number of benzene rings is 1. The smallest absolute Gasteiger partial charge is 0.199 e. The Hall–Kier alpha value is -1.09. The molecular weight excluding hydrogens is 280 g/mol. The minimum Gasteiger partial charge on any atom is -0.219 e. The van der Waals surface area contributed by atoms with E-state index in [1.165, 1.54) is 11.8 Å². The molecule has 4 rings (SSSR count). The second kappa shape index (κ2) is 4.98. The van der Waals surface area contributed by atoms with E-state index in [1.807, 2.05) is 12.1 Å². The van der Waals surface area contributed by atoms with Crippen LogP contribution in [0.1, 0.15) is 33.6 Å². The number of fused-ring (bicyclic) bond motifs is 2. The molecule has 1 aromatic rings. The summed E-state index contributed by atoms with van der Waals surface area (Å²) in [6.45, 7) is 7.01. The van der Waals surface area contributed by atoms with Crippen LogP contribution in [0.15, 0.2) is 46.7 Å². The van der Waals surface area contributed by atoms with Crippen molar-refractivity contribution < 1.29 is 8.42 Å².